The Morgan fingerprint density at radius 3 is 2.27 bits per heavy atom. The van der Waals surface area contributed by atoms with Gasteiger partial charge in [-0.25, -0.2) is 0 Å². The van der Waals surface area contributed by atoms with E-state index in [1.807, 2.05) is 6.92 Å². The molecule has 9 heteroatoms. The monoisotopic (exact) mass is 491 g/mol. The molecule has 0 radical (unpaired) electrons. The van der Waals surface area contributed by atoms with E-state index in [9.17, 15) is 13.2 Å². The molecule has 1 aliphatic heterocycles. The standard InChI is InChI=1S/C17H32F3N5.HI/c1-4-21-16(22-8-9-23(5-2)15-6-7-15)25-12-10-24(11-13-25)14(3)17(18,19)20;/h14-15H,4-13H2,1-3H3,(H,21,22);1H. The van der Waals surface area contributed by atoms with E-state index >= 15 is 0 Å². The van der Waals surface area contributed by atoms with Crippen LogP contribution in [0.2, 0.25) is 0 Å². The fourth-order valence-corrected chi connectivity index (χ4v) is 3.28. The Hall–Kier alpha value is -0.290. The minimum absolute atomic E-state index is 0. The van der Waals surface area contributed by atoms with Crippen LogP contribution in [0.1, 0.15) is 33.6 Å². The van der Waals surface area contributed by atoms with Crippen molar-refractivity contribution in [3.63, 3.8) is 0 Å². The van der Waals surface area contributed by atoms with Crippen LogP contribution in [0.15, 0.2) is 4.99 Å². The molecule has 0 aromatic rings. The zero-order chi connectivity index (χ0) is 18.4. The molecule has 0 amide bonds. The number of halogens is 4. The average molecular weight is 491 g/mol. The lowest BCUT2D eigenvalue weighted by Gasteiger charge is -2.39. The number of likely N-dealkylation sites (N-methyl/N-ethyl adjacent to an activating group) is 1. The molecule has 1 atom stereocenters. The molecule has 1 N–H and O–H groups in total. The number of nitrogens with one attached hydrogen (secondary N) is 1. The number of rotatable bonds is 7. The van der Waals surface area contributed by atoms with Crippen LogP contribution in [0, 0.1) is 0 Å². The quantitative estimate of drug-likeness (QED) is 0.338. The topological polar surface area (TPSA) is 34.1 Å². The number of hydrogen-bond donors (Lipinski definition) is 1. The van der Waals surface area contributed by atoms with Gasteiger partial charge in [-0.15, -0.1) is 24.0 Å². The fourth-order valence-electron chi connectivity index (χ4n) is 3.28. The third-order valence-corrected chi connectivity index (χ3v) is 5.09. The lowest BCUT2D eigenvalue weighted by atomic mass is 10.2. The molecule has 1 aliphatic carbocycles. The third kappa shape index (κ3) is 7.03. The maximum absolute atomic E-state index is 12.9. The van der Waals surface area contributed by atoms with E-state index in [1.165, 1.54) is 24.7 Å². The lowest BCUT2D eigenvalue weighted by Crippen LogP contribution is -2.56. The first-order chi connectivity index (χ1) is 11.9. The van der Waals surface area contributed by atoms with E-state index in [0.717, 1.165) is 38.2 Å². The van der Waals surface area contributed by atoms with Crippen LogP contribution in [-0.4, -0.2) is 91.3 Å². The molecular weight excluding hydrogens is 458 g/mol. The van der Waals surface area contributed by atoms with Crippen molar-refractivity contribution in [2.75, 3.05) is 52.4 Å². The highest BCUT2D eigenvalue weighted by atomic mass is 127. The zero-order valence-electron chi connectivity index (χ0n) is 16.1. The summed E-state index contributed by atoms with van der Waals surface area (Å²) in [5.74, 6) is 0.827. The van der Waals surface area contributed by atoms with Crippen molar-refractivity contribution < 1.29 is 13.2 Å². The Labute approximate surface area is 172 Å². The van der Waals surface area contributed by atoms with Crippen molar-refractivity contribution in [3.8, 4) is 0 Å². The van der Waals surface area contributed by atoms with Crippen molar-refractivity contribution in [3.05, 3.63) is 0 Å². The first-order valence-corrected chi connectivity index (χ1v) is 9.44. The Bertz CT molecular complexity index is 435. The smallest absolute Gasteiger partial charge is 0.357 e. The number of piperazine rings is 1. The minimum Gasteiger partial charge on any atom is -0.357 e. The van der Waals surface area contributed by atoms with Crippen LogP contribution in [0.3, 0.4) is 0 Å². The number of hydrogen-bond acceptors (Lipinski definition) is 3. The van der Waals surface area contributed by atoms with Gasteiger partial charge in [0.2, 0.25) is 0 Å². The van der Waals surface area contributed by atoms with Crippen molar-refractivity contribution in [2.45, 2.75) is 51.9 Å². The molecule has 1 unspecified atom stereocenters. The van der Waals surface area contributed by atoms with Crippen LogP contribution < -0.4 is 5.32 Å². The van der Waals surface area contributed by atoms with Gasteiger partial charge in [0.05, 0.1) is 6.54 Å². The van der Waals surface area contributed by atoms with E-state index in [-0.39, 0.29) is 24.0 Å². The normalized spacial score (nSPS) is 20.9. The molecule has 154 valence electrons. The second kappa shape index (κ2) is 10.9. The maximum atomic E-state index is 12.9. The first kappa shape index (κ1) is 23.7. The predicted octanol–water partition coefficient (Wildman–Crippen LogP) is 2.62. The molecule has 0 aromatic heterocycles. The van der Waals surface area contributed by atoms with Gasteiger partial charge in [-0.3, -0.25) is 14.8 Å². The van der Waals surface area contributed by atoms with E-state index in [0.29, 0.717) is 26.2 Å². The van der Waals surface area contributed by atoms with Gasteiger partial charge in [0.15, 0.2) is 5.96 Å². The van der Waals surface area contributed by atoms with Crippen LogP contribution >= 0.6 is 24.0 Å². The second-order valence-electron chi connectivity index (χ2n) is 6.84. The molecular formula is C17H33F3IN5. The van der Waals surface area contributed by atoms with Gasteiger partial charge in [0, 0.05) is 45.3 Å². The number of aliphatic imine (C=N–C) groups is 1. The van der Waals surface area contributed by atoms with E-state index in [1.54, 1.807) is 0 Å². The highest BCUT2D eigenvalue weighted by Crippen LogP contribution is 2.26. The number of nitrogens with zero attached hydrogens (tertiary/aromatic N) is 4. The van der Waals surface area contributed by atoms with Gasteiger partial charge in [0.1, 0.15) is 6.04 Å². The van der Waals surface area contributed by atoms with Gasteiger partial charge < -0.3 is 10.2 Å². The van der Waals surface area contributed by atoms with Gasteiger partial charge in [0.25, 0.3) is 0 Å². The molecule has 0 spiro atoms. The molecule has 0 bridgehead atoms. The molecule has 5 nitrogen and oxygen atoms in total. The Balaban J connectivity index is 0.00000338. The van der Waals surface area contributed by atoms with Gasteiger partial charge in [-0.1, -0.05) is 6.92 Å². The summed E-state index contributed by atoms with van der Waals surface area (Å²) in [6.45, 7) is 10.9. The molecule has 1 saturated heterocycles. The summed E-state index contributed by atoms with van der Waals surface area (Å²) in [5, 5.41) is 3.28. The zero-order valence-corrected chi connectivity index (χ0v) is 18.4. The summed E-state index contributed by atoms with van der Waals surface area (Å²) >= 11 is 0. The van der Waals surface area contributed by atoms with Crippen molar-refractivity contribution in [2.24, 2.45) is 4.99 Å². The summed E-state index contributed by atoms with van der Waals surface area (Å²) in [6, 6.07) is -0.652. The largest absolute Gasteiger partial charge is 0.403 e. The summed E-state index contributed by atoms with van der Waals surface area (Å²) in [4.78, 5) is 10.7. The molecule has 1 saturated carbocycles. The van der Waals surface area contributed by atoms with Crippen LogP contribution in [0.25, 0.3) is 0 Å². The molecule has 0 aromatic carbocycles. The van der Waals surface area contributed by atoms with Crippen LogP contribution in [0.4, 0.5) is 13.2 Å². The van der Waals surface area contributed by atoms with Crippen molar-refractivity contribution in [1.29, 1.82) is 0 Å². The molecule has 2 aliphatic rings. The molecule has 2 fully saturated rings. The summed E-state index contributed by atoms with van der Waals surface area (Å²) < 4.78 is 38.6. The Morgan fingerprint density at radius 2 is 1.81 bits per heavy atom. The maximum Gasteiger partial charge on any atom is 0.403 e. The predicted molar refractivity (Wildman–Crippen MR) is 110 cm³/mol. The van der Waals surface area contributed by atoms with E-state index in [4.69, 9.17) is 4.99 Å². The highest BCUT2D eigenvalue weighted by molar-refractivity contribution is 14.0. The van der Waals surface area contributed by atoms with Crippen LogP contribution in [0.5, 0.6) is 0 Å². The van der Waals surface area contributed by atoms with Gasteiger partial charge in [-0.2, -0.15) is 13.2 Å². The van der Waals surface area contributed by atoms with Crippen molar-refractivity contribution >= 4 is 29.9 Å². The summed E-state index contributed by atoms with van der Waals surface area (Å²) in [6.07, 6.45) is -1.58. The van der Waals surface area contributed by atoms with E-state index in [2.05, 4.69) is 22.0 Å². The average Bonchev–Trinajstić information content (AvgIpc) is 3.41. The summed E-state index contributed by atoms with van der Waals surface area (Å²) in [5.41, 5.74) is 0. The van der Waals surface area contributed by atoms with Gasteiger partial charge in [-0.05, 0) is 33.2 Å². The van der Waals surface area contributed by atoms with Crippen molar-refractivity contribution in [1.82, 2.24) is 20.0 Å². The minimum atomic E-state index is -4.16. The third-order valence-electron chi connectivity index (χ3n) is 5.09. The van der Waals surface area contributed by atoms with Crippen LogP contribution in [-0.2, 0) is 0 Å². The second-order valence-corrected chi connectivity index (χ2v) is 6.84. The number of alkyl halides is 3. The van der Waals surface area contributed by atoms with Gasteiger partial charge >= 0.3 is 6.18 Å². The molecule has 1 heterocycles. The first-order valence-electron chi connectivity index (χ1n) is 9.44. The summed E-state index contributed by atoms with van der Waals surface area (Å²) in [7, 11) is 0. The molecule has 2 rings (SSSR count). The molecule has 26 heavy (non-hydrogen) atoms. The Kier molecular flexibility index (Phi) is 9.95. The highest BCUT2D eigenvalue weighted by Gasteiger charge is 2.41. The Morgan fingerprint density at radius 1 is 1.19 bits per heavy atom. The number of guanidine groups is 1. The van der Waals surface area contributed by atoms with E-state index < -0.39 is 12.2 Å². The SMILES string of the molecule is CCNC(=NCCN(CC)C1CC1)N1CCN(C(C)C(F)(F)F)CC1.I. The fraction of sp³-hybridized carbons (Fsp3) is 0.941. The lowest BCUT2D eigenvalue weighted by molar-refractivity contribution is -0.181.